The van der Waals surface area contributed by atoms with Gasteiger partial charge in [-0.15, -0.1) is 0 Å². The lowest BCUT2D eigenvalue weighted by atomic mass is 10.1. The zero-order chi connectivity index (χ0) is 14.6. The molecule has 1 aromatic rings. The van der Waals surface area contributed by atoms with Crippen molar-refractivity contribution in [1.82, 2.24) is 0 Å². The van der Waals surface area contributed by atoms with Crippen LogP contribution in [0.1, 0.15) is 44.6 Å². The van der Waals surface area contributed by atoms with Crippen LogP contribution in [0.5, 0.6) is 11.5 Å². The molecule has 0 fully saturated rings. The molecule has 0 saturated heterocycles. The van der Waals surface area contributed by atoms with Crippen LogP contribution < -0.4 is 15.2 Å². The standard InChI is InChI=1S/C17H25NO2/c1-3-4-5-6-7-13-20-17-11-10-16(19-2)14-15(17)9-8-12-18/h10-11,14H,3-7,12-13,18H2,1-2H3. The van der Waals surface area contributed by atoms with Gasteiger partial charge in [0.2, 0.25) is 0 Å². The first-order valence-corrected chi connectivity index (χ1v) is 7.31. The Bertz CT molecular complexity index is 446. The fraction of sp³-hybridized carbons (Fsp3) is 0.529. The average Bonchev–Trinajstić information content (AvgIpc) is 2.49. The van der Waals surface area contributed by atoms with Gasteiger partial charge in [0, 0.05) is 0 Å². The maximum Gasteiger partial charge on any atom is 0.135 e. The van der Waals surface area contributed by atoms with Crippen LogP contribution in [0.25, 0.3) is 0 Å². The summed E-state index contributed by atoms with van der Waals surface area (Å²) >= 11 is 0. The van der Waals surface area contributed by atoms with E-state index < -0.39 is 0 Å². The lowest BCUT2D eigenvalue weighted by Crippen LogP contribution is -2.00. The molecular weight excluding hydrogens is 250 g/mol. The minimum absolute atomic E-state index is 0.341. The van der Waals surface area contributed by atoms with E-state index in [-0.39, 0.29) is 0 Å². The van der Waals surface area contributed by atoms with Gasteiger partial charge in [-0.3, -0.25) is 0 Å². The van der Waals surface area contributed by atoms with Crippen molar-refractivity contribution in [3.05, 3.63) is 23.8 Å². The van der Waals surface area contributed by atoms with E-state index in [0.29, 0.717) is 6.54 Å². The first-order valence-electron chi connectivity index (χ1n) is 7.31. The second kappa shape index (κ2) is 10.2. The molecule has 0 heterocycles. The van der Waals surface area contributed by atoms with Crippen molar-refractivity contribution in [3.63, 3.8) is 0 Å². The number of unbranched alkanes of at least 4 members (excludes halogenated alkanes) is 4. The van der Waals surface area contributed by atoms with Gasteiger partial charge in [-0.25, -0.2) is 0 Å². The van der Waals surface area contributed by atoms with Gasteiger partial charge < -0.3 is 15.2 Å². The first-order chi connectivity index (χ1) is 9.81. The monoisotopic (exact) mass is 275 g/mol. The first kappa shape index (κ1) is 16.4. The topological polar surface area (TPSA) is 44.5 Å². The molecule has 0 aliphatic heterocycles. The van der Waals surface area contributed by atoms with Gasteiger partial charge in [0.1, 0.15) is 11.5 Å². The highest BCUT2D eigenvalue weighted by Crippen LogP contribution is 2.23. The number of methoxy groups -OCH3 is 1. The summed E-state index contributed by atoms with van der Waals surface area (Å²) in [6, 6.07) is 5.68. The fourth-order valence-electron chi connectivity index (χ4n) is 1.89. The fourth-order valence-corrected chi connectivity index (χ4v) is 1.89. The summed E-state index contributed by atoms with van der Waals surface area (Å²) in [4.78, 5) is 0. The Morgan fingerprint density at radius 3 is 2.65 bits per heavy atom. The summed E-state index contributed by atoms with van der Waals surface area (Å²) in [5.41, 5.74) is 6.26. The lowest BCUT2D eigenvalue weighted by molar-refractivity contribution is 0.303. The Morgan fingerprint density at radius 2 is 1.95 bits per heavy atom. The van der Waals surface area contributed by atoms with Crippen molar-refractivity contribution in [2.24, 2.45) is 5.73 Å². The van der Waals surface area contributed by atoms with Gasteiger partial charge >= 0.3 is 0 Å². The number of benzene rings is 1. The van der Waals surface area contributed by atoms with E-state index in [1.165, 1.54) is 25.7 Å². The molecule has 0 spiro atoms. The predicted octanol–water partition coefficient (Wildman–Crippen LogP) is 3.35. The number of nitrogens with two attached hydrogens (primary N) is 1. The molecule has 0 bridgehead atoms. The van der Waals surface area contributed by atoms with Crippen LogP contribution in [-0.2, 0) is 0 Å². The average molecular weight is 275 g/mol. The molecule has 2 N–H and O–H groups in total. The van der Waals surface area contributed by atoms with E-state index in [1.54, 1.807) is 7.11 Å². The predicted molar refractivity (Wildman–Crippen MR) is 83.2 cm³/mol. The van der Waals surface area contributed by atoms with Gasteiger partial charge in [0.05, 0.1) is 25.8 Å². The molecule has 20 heavy (non-hydrogen) atoms. The van der Waals surface area contributed by atoms with Crippen molar-refractivity contribution >= 4 is 0 Å². The Morgan fingerprint density at radius 1 is 1.15 bits per heavy atom. The zero-order valence-corrected chi connectivity index (χ0v) is 12.6. The second-order valence-corrected chi connectivity index (χ2v) is 4.63. The van der Waals surface area contributed by atoms with Crippen LogP contribution in [0.2, 0.25) is 0 Å². The molecule has 0 atom stereocenters. The molecule has 0 saturated carbocycles. The Kier molecular flexibility index (Phi) is 8.33. The number of rotatable bonds is 8. The minimum Gasteiger partial charge on any atom is -0.497 e. The second-order valence-electron chi connectivity index (χ2n) is 4.63. The maximum atomic E-state index is 5.82. The van der Waals surface area contributed by atoms with E-state index in [9.17, 15) is 0 Å². The molecule has 1 aromatic carbocycles. The smallest absolute Gasteiger partial charge is 0.135 e. The Hall–Kier alpha value is -1.66. The van der Waals surface area contributed by atoms with E-state index >= 15 is 0 Å². The molecule has 110 valence electrons. The number of hydrogen-bond acceptors (Lipinski definition) is 3. The highest BCUT2D eigenvalue weighted by atomic mass is 16.5. The number of hydrogen-bond donors (Lipinski definition) is 1. The van der Waals surface area contributed by atoms with Gasteiger partial charge in [-0.05, 0) is 24.6 Å². The van der Waals surface area contributed by atoms with Crippen molar-refractivity contribution in [3.8, 4) is 23.3 Å². The van der Waals surface area contributed by atoms with Crippen LogP contribution in [-0.4, -0.2) is 20.3 Å². The van der Waals surface area contributed by atoms with Crippen molar-refractivity contribution in [2.45, 2.75) is 39.0 Å². The van der Waals surface area contributed by atoms with Crippen LogP contribution in [0.15, 0.2) is 18.2 Å². The van der Waals surface area contributed by atoms with Gasteiger partial charge in [0.15, 0.2) is 0 Å². The minimum atomic E-state index is 0.341. The third kappa shape index (κ3) is 5.99. The van der Waals surface area contributed by atoms with Gasteiger partial charge in [-0.2, -0.15) is 0 Å². The summed E-state index contributed by atoms with van der Waals surface area (Å²) in [6.07, 6.45) is 6.14. The highest BCUT2D eigenvalue weighted by Gasteiger charge is 2.03. The third-order valence-electron chi connectivity index (χ3n) is 3.02. The van der Waals surface area contributed by atoms with Crippen LogP contribution >= 0.6 is 0 Å². The van der Waals surface area contributed by atoms with Crippen LogP contribution in [0, 0.1) is 11.8 Å². The zero-order valence-electron chi connectivity index (χ0n) is 12.6. The molecule has 1 rings (SSSR count). The SMILES string of the molecule is CCCCCCCOc1ccc(OC)cc1C#CCN. The van der Waals surface area contributed by atoms with Crippen LogP contribution in [0.3, 0.4) is 0 Å². The summed E-state index contributed by atoms with van der Waals surface area (Å²) in [7, 11) is 1.64. The molecular formula is C17H25NO2. The lowest BCUT2D eigenvalue weighted by Gasteiger charge is -2.09. The molecule has 0 aliphatic carbocycles. The van der Waals surface area contributed by atoms with Crippen molar-refractivity contribution in [2.75, 3.05) is 20.3 Å². The largest absolute Gasteiger partial charge is 0.497 e. The summed E-state index contributed by atoms with van der Waals surface area (Å²) in [5.74, 6) is 7.47. The molecule has 0 unspecified atom stereocenters. The van der Waals surface area contributed by atoms with Gasteiger partial charge in [0.25, 0.3) is 0 Å². The van der Waals surface area contributed by atoms with Gasteiger partial charge in [-0.1, -0.05) is 44.4 Å². The van der Waals surface area contributed by atoms with Crippen molar-refractivity contribution in [1.29, 1.82) is 0 Å². The van der Waals surface area contributed by atoms with E-state index in [2.05, 4.69) is 18.8 Å². The summed E-state index contributed by atoms with van der Waals surface area (Å²) in [6.45, 7) is 3.29. The molecule has 0 radical (unpaired) electrons. The van der Waals surface area contributed by atoms with E-state index in [0.717, 1.165) is 30.1 Å². The Balaban J connectivity index is 2.55. The quantitative estimate of drug-likeness (QED) is 0.584. The van der Waals surface area contributed by atoms with Crippen molar-refractivity contribution < 1.29 is 9.47 Å². The van der Waals surface area contributed by atoms with E-state index in [1.807, 2.05) is 18.2 Å². The third-order valence-corrected chi connectivity index (χ3v) is 3.02. The number of ether oxygens (including phenoxy) is 2. The molecule has 3 heteroatoms. The molecule has 0 amide bonds. The summed E-state index contributed by atoms with van der Waals surface area (Å²) < 4.78 is 11.0. The molecule has 0 aliphatic rings. The highest BCUT2D eigenvalue weighted by molar-refractivity contribution is 5.50. The maximum absolute atomic E-state index is 5.82. The van der Waals surface area contributed by atoms with E-state index in [4.69, 9.17) is 15.2 Å². The van der Waals surface area contributed by atoms with Crippen LogP contribution in [0.4, 0.5) is 0 Å². The molecule has 3 nitrogen and oxygen atoms in total. The summed E-state index contributed by atoms with van der Waals surface area (Å²) in [5, 5.41) is 0. The Labute approximate surface area is 122 Å². The normalized spacial score (nSPS) is 9.75. The molecule has 0 aromatic heterocycles.